The van der Waals surface area contributed by atoms with Gasteiger partial charge in [0.15, 0.2) is 0 Å². The monoisotopic (exact) mass is 410 g/mol. The van der Waals surface area contributed by atoms with Gasteiger partial charge in [-0.25, -0.2) is 4.79 Å². The smallest absolute Gasteiger partial charge is 0.342 e. The minimum atomic E-state index is -0.517. The highest BCUT2D eigenvalue weighted by molar-refractivity contribution is 5.98. The largest absolute Gasteiger partial charge is 0.507 e. The molecule has 0 fully saturated rings. The van der Waals surface area contributed by atoms with Crippen molar-refractivity contribution in [2.45, 2.75) is 46.3 Å². The van der Waals surface area contributed by atoms with E-state index in [1.807, 2.05) is 50.3 Å². The summed E-state index contributed by atoms with van der Waals surface area (Å²) in [6.45, 7) is 4.17. The fourth-order valence-electron chi connectivity index (χ4n) is 3.52. The second kappa shape index (κ2) is 9.48. The number of carbonyl (C=O) groups is 2. The number of cyclic esters (lactones) is 1. The third-order valence-corrected chi connectivity index (χ3v) is 5.27. The number of phenolic OH excluding ortho intramolecular Hbond substituents is 1. The zero-order chi connectivity index (χ0) is 21.7. The number of rotatable bonds is 8. The Morgan fingerprint density at radius 1 is 1.23 bits per heavy atom. The number of hydrogen-bond donors (Lipinski definition) is 1. The molecule has 1 aliphatic heterocycles. The molecule has 0 saturated carbocycles. The van der Waals surface area contributed by atoms with Gasteiger partial charge < -0.3 is 19.3 Å². The average molecular weight is 410 g/mol. The van der Waals surface area contributed by atoms with Gasteiger partial charge in [-0.1, -0.05) is 42.0 Å². The van der Waals surface area contributed by atoms with Gasteiger partial charge in [0.2, 0.25) is 0 Å². The van der Waals surface area contributed by atoms with E-state index in [1.165, 1.54) is 7.11 Å². The van der Waals surface area contributed by atoms with Gasteiger partial charge in [0, 0.05) is 17.5 Å². The number of ether oxygens (including phenoxy) is 3. The summed E-state index contributed by atoms with van der Waals surface area (Å²) < 4.78 is 15.9. The van der Waals surface area contributed by atoms with Crippen LogP contribution in [0.5, 0.6) is 11.5 Å². The summed E-state index contributed by atoms with van der Waals surface area (Å²) in [4.78, 5) is 24.0. The highest BCUT2D eigenvalue weighted by atomic mass is 16.5. The molecule has 0 bridgehead atoms. The number of carbonyl (C=O) groups excluding carboxylic acids is 2. The number of hydrogen-bond acceptors (Lipinski definition) is 6. The predicted molar refractivity (Wildman–Crippen MR) is 111 cm³/mol. The third kappa shape index (κ3) is 4.64. The zero-order valence-electron chi connectivity index (χ0n) is 17.5. The summed E-state index contributed by atoms with van der Waals surface area (Å²) >= 11 is 0. The Bertz CT molecular complexity index is 975. The van der Waals surface area contributed by atoms with Gasteiger partial charge in [-0.2, -0.15) is 0 Å². The van der Waals surface area contributed by atoms with Crippen molar-refractivity contribution in [2.75, 3.05) is 7.11 Å². The number of allylic oxidation sites excluding steroid dienone is 2. The van der Waals surface area contributed by atoms with Gasteiger partial charge in [-0.05, 0) is 37.8 Å². The molecule has 6 heteroatoms. The van der Waals surface area contributed by atoms with Crippen molar-refractivity contribution in [2.24, 2.45) is 0 Å². The SMILES string of the molecule is COc1c(C)c2c(c(O)c1C/C=C(\C)CCC(=O)OCc1ccccc1)C(=O)OC2. The molecule has 6 nitrogen and oxygen atoms in total. The van der Waals surface area contributed by atoms with Crippen molar-refractivity contribution in [3.8, 4) is 11.5 Å². The highest BCUT2D eigenvalue weighted by Gasteiger charge is 2.31. The topological polar surface area (TPSA) is 82.1 Å². The van der Waals surface area contributed by atoms with Crippen LogP contribution in [0, 0.1) is 6.92 Å². The summed E-state index contributed by atoms with van der Waals surface area (Å²) in [6, 6.07) is 9.54. The maximum atomic E-state index is 12.0. The Morgan fingerprint density at radius 3 is 2.67 bits per heavy atom. The third-order valence-electron chi connectivity index (χ3n) is 5.27. The number of benzene rings is 2. The van der Waals surface area contributed by atoms with Gasteiger partial charge in [0.05, 0.1) is 7.11 Å². The maximum absolute atomic E-state index is 12.0. The maximum Gasteiger partial charge on any atom is 0.342 e. The molecule has 2 aromatic rings. The van der Waals surface area contributed by atoms with Crippen LogP contribution in [0.1, 0.15) is 52.4 Å². The summed E-state index contributed by atoms with van der Waals surface area (Å²) in [5.41, 5.74) is 4.15. The molecule has 0 aliphatic carbocycles. The van der Waals surface area contributed by atoms with Crippen LogP contribution < -0.4 is 4.74 Å². The van der Waals surface area contributed by atoms with Crippen molar-refractivity contribution >= 4 is 11.9 Å². The number of esters is 2. The Morgan fingerprint density at radius 2 is 1.97 bits per heavy atom. The van der Waals surface area contributed by atoms with Gasteiger partial charge in [0.25, 0.3) is 0 Å². The van der Waals surface area contributed by atoms with E-state index in [2.05, 4.69) is 0 Å². The molecule has 0 amide bonds. The number of phenols is 1. The van der Waals surface area contributed by atoms with Crippen molar-refractivity contribution in [3.63, 3.8) is 0 Å². The Hall–Kier alpha value is -3.28. The Balaban J connectivity index is 1.63. The van der Waals surface area contributed by atoms with Gasteiger partial charge in [-0.15, -0.1) is 0 Å². The molecule has 0 saturated heterocycles. The lowest BCUT2D eigenvalue weighted by atomic mass is 9.94. The van der Waals surface area contributed by atoms with Crippen LogP contribution in [0.25, 0.3) is 0 Å². The molecule has 0 radical (unpaired) electrons. The van der Waals surface area contributed by atoms with Crippen molar-refractivity contribution < 1.29 is 28.9 Å². The van der Waals surface area contributed by atoms with Crippen LogP contribution >= 0.6 is 0 Å². The fourth-order valence-corrected chi connectivity index (χ4v) is 3.52. The van der Waals surface area contributed by atoms with Crippen molar-refractivity contribution in [1.29, 1.82) is 0 Å². The second-order valence-corrected chi connectivity index (χ2v) is 7.32. The van der Waals surface area contributed by atoms with E-state index in [0.29, 0.717) is 29.7 Å². The van der Waals surface area contributed by atoms with Crippen LogP contribution in [0.15, 0.2) is 42.0 Å². The van der Waals surface area contributed by atoms with Gasteiger partial charge in [-0.3, -0.25) is 4.79 Å². The number of methoxy groups -OCH3 is 1. The van der Waals surface area contributed by atoms with Crippen LogP contribution in [-0.4, -0.2) is 24.2 Å². The number of fused-ring (bicyclic) bond motifs is 1. The summed E-state index contributed by atoms with van der Waals surface area (Å²) in [5, 5.41) is 10.6. The van der Waals surface area contributed by atoms with E-state index in [4.69, 9.17) is 14.2 Å². The molecular weight excluding hydrogens is 384 g/mol. The standard InChI is InChI=1S/C24H26O6/c1-15(10-12-20(25)29-13-17-7-5-4-6-8-17)9-11-18-22(26)21-19(14-30-24(21)27)16(2)23(18)28-3/h4-9,26H,10-14H2,1-3H3/b15-9+. The highest BCUT2D eigenvalue weighted by Crippen LogP contribution is 2.42. The van der Waals surface area contributed by atoms with E-state index in [0.717, 1.165) is 16.7 Å². The van der Waals surface area contributed by atoms with E-state index >= 15 is 0 Å². The lowest BCUT2D eigenvalue weighted by Gasteiger charge is -2.15. The number of aromatic hydroxyl groups is 1. The van der Waals surface area contributed by atoms with E-state index in [1.54, 1.807) is 0 Å². The lowest BCUT2D eigenvalue weighted by Crippen LogP contribution is -2.05. The molecule has 3 rings (SSSR count). The molecule has 0 unspecified atom stereocenters. The fraction of sp³-hybridized carbons (Fsp3) is 0.333. The van der Waals surface area contributed by atoms with Crippen LogP contribution in [0.2, 0.25) is 0 Å². The molecule has 2 aromatic carbocycles. The van der Waals surface area contributed by atoms with E-state index < -0.39 is 5.97 Å². The second-order valence-electron chi connectivity index (χ2n) is 7.32. The molecule has 158 valence electrons. The molecular formula is C24H26O6. The quantitative estimate of drug-likeness (QED) is 0.513. The minimum Gasteiger partial charge on any atom is -0.507 e. The van der Waals surface area contributed by atoms with Gasteiger partial charge >= 0.3 is 11.9 Å². The Labute approximate surface area is 176 Å². The lowest BCUT2D eigenvalue weighted by molar-refractivity contribution is -0.144. The summed E-state index contributed by atoms with van der Waals surface area (Å²) in [5.74, 6) is -0.323. The van der Waals surface area contributed by atoms with Crippen molar-refractivity contribution in [1.82, 2.24) is 0 Å². The first kappa shape index (κ1) is 21.4. The average Bonchev–Trinajstić information content (AvgIpc) is 3.15. The van der Waals surface area contributed by atoms with Gasteiger partial charge in [0.1, 0.15) is 30.3 Å². The predicted octanol–water partition coefficient (Wildman–Crippen LogP) is 4.39. The summed E-state index contributed by atoms with van der Waals surface area (Å²) in [7, 11) is 1.54. The van der Waals surface area contributed by atoms with Crippen LogP contribution in [0.4, 0.5) is 0 Å². The van der Waals surface area contributed by atoms with E-state index in [9.17, 15) is 14.7 Å². The molecule has 30 heavy (non-hydrogen) atoms. The van der Waals surface area contributed by atoms with Crippen LogP contribution in [-0.2, 0) is 33.9 Å². The van der Waals surface area contributed by atoms with E-state index in [-0.39, 0.29) is 36.9 Å². The molecule has 0 atom stereocenters. The molecule has 0 aromatic heterocycles. The molecule has 1 heterocycles. The normalized spacial score (nSPS) is 13.0. The molecule has 1 N–H and O–H groups in total. The van der Waals surface area contributed by atoms with Crippen LogP contribution in [0.3, 0.4) is 0 Å². The Kier molecular flexibility index (Phi) is 6.77. The summed E-state index contributed by atoms with van der Waals surface area (Å²) in [6.07, 6.45) is 3.12. The molecule has 1 aliphatic rings. The first-order valence-corrected chi connectivity index (χ1v) is 9.86. The minimum absolute atomic E-state index is 0.0960. The molecule has 0 spiro atoms. The zero-order valence-corrected chi connectivity index (χ0v) is 17.5. The first-order chi connectivity index (χ1) is 14.4. The van der Waals surface area contributed by atoms with Crippen molar-refractivity contribution in [3.05, 3.63) is 69.8 Å². The first-order valence-electron chi connectivity index (χ1n) is 9.86.